The van der Waals surface area contributed by atoms with Gasteiger partial charge < -0.3 is 4.74 Å². The molecule has 1 atom stereocenters. The topological polar surface area (TPSA) is 26.3 Å². The van der Waals surface area contributed by atoms with Gasteiger partial charge in [-0.3, -0.25) is 4.79 Å². The van der Waals surface area contributed by atoms with Crippen LogP contribution in [0.5, 0.6) is 5.75 Å². The minimum absolute atomic E-state index is 0.393. The van der Waals surface area contributed by atoms with Crippen molar-refractivity contribution in [2.45, 2.75) is 17.7 Å². The predicted octanol–water partition coefficient (Wildman–Crippen LogP) is 3.75. The van der Waals surface area contributed by atoms with Gasteiger partial charge >= 0.3 is 5.97 Å². The SMILES string of the molecule is Cc1cc(Cl)ccc1OC(=O)C1CC1(Cl)Cl. The Balaban J connectivity index is 2.07. The van der Waals surface area contributed by atoms with E-state index in [1.54, 1.807) is 18.2 Å². The number of hydrogen-bond acceptors (Lipinski definition) is 2. The molecule has 1 unspecified atom stereocenters. The van der Waals surface area contributed by atoms with Crippen LogP contribution >= 0.6 is 34.8 Å². The summed E-state index contributed by atoms with van der Waals surface area (Å²) in [5.41, 5.74) is 0.802. The third kappa shape index (κ3) is 2.45. The Hall–Kier alpha value is -0.440. The molecular weight excluding hydrogens is 270 g/mol. The third-order valence-electron chi connectivity index (χ3n) is 2.46. The molecule has 1 aliphatic rings. The van der Waals surface area contributed by atoms with Gasteiger partial charge in [-0.15, -0.1) is 23.2 Å². The summed E-state index contributed by atoms with van der Waals surface area (Å²) in [4.78, 5) is 11.6. The Labute approximate surface area is 108 Å². The highest BCUT2D eigenvalue weighted by Crippen LogP contribution is 2.53. The van der Waals surface area contributed by atoms with E-state index in [-0.39, 0.29) is 0 Å². The van der Waals surface area contributed by atoms with Crippen molar-refractivity contribution in [2.75, 3.05) is 0 Å². The van der Waals surface area contributed by atoms with Gasteiger partial charge in [0.15, 0.2) is 0 Å². The molecule has 2 rings (SSSR count). The number of carbonyl (C=O) groups excluding carboxylic acids is 1. The lowest BCUT2D eigenvalue weighted by molar-refractivity contribution is -0.135. The molecule has 1 fully saturated rings. The minimum atomic E-state index is -0.947. The van der Waals surface area contributed by atoms with Crippen LogP contribution in [-0.2, 0) is 4.79 Å². The molecule has 0 N–H and O–H groups in total. The Kier molecular flexibility index (Phi) is 3.08. The molecule has 1 aliphatic carbocycles. The van der Waals surface area contributed by atoms with Crippen LogP contribution in [0, 0.1) is 12.8 Å². The first kappa shape index (κ1) is 12.0. The van der Waals surface area contributed by atoms with Crippen molar-refractivity contribution >= 4 is 40.8 Å². The van der Waals surface area contributed by atoms with E-state index in [4.69, 9.17) is 39.5 Å². The highest BCUT2D eigenvalue weighted by Gasteiger charge is 2.57. The molecule has 1 aromatic carbocycles. The highest BCUT2D eigenvalue weighted by molar-refractivity contribution is 6.52. The number of aryl methyl sites for hydroxylation is 1. The fourth-order valence-electron chi connectivity index (χ4n) is 1.38. The van der Waals surface area contributed by atoms with Crippen LogP contribution in [-0.4, -0.2) is 10.3 Å². The van der Waals surface area contributed by atoms with Crippen LogP contribution in [0.25, 0.3) is 0 Å². The summed E-state index contributed by atoms with van der Waals surface area (Å²) in [6.45, 7) is 1.82. The number of hydrogen-bond donors (Lipinski definition) is 0. The first-order chi connectivity index (χ1) is 7.40. The van der Waals surface area contributed by atoms with Gasteiger partial charge in [-0.25, -0.2) is 0 Å². The van der Waals surface area contributed by atoms with E-state index in [9.17, 15) is 4.79 Å². The molecule has 0 aliphatic heterocycles. The summed E-state index contributed by atoms with van der Waals surface area (Å²) in [7, 11) is 0. The third-order valence-corrected chi connectivity index (χ3v) is 3.53. The molecule has 16 heavy (non-hydrogen) atoms. The molecule has 0 heterocycles. The second kappa shape index (κ2) is 4.10. The molecular formula is C11H9Cl3O2. The molecule has 0 spiro atoms. The van der Waals surface area contributed by atoms with E-state index in [1.807, 2.05) is 6.92 Å². The molecule has 86 valence electrons. The lowest BCUT2D eigenvalue weighted by Gasteiger charge is -2.07. The summed E-state index contributed by atoms with van der Waals surface area (Å²) < 4.78 is 4.25. The zero-order chi connectivity index (χ0) is 11.9. The first-order valence-electron chi connectivity index (χ1n) is 4.76. The molecule has 1 aromatic rings. The van der Waals surface area contributed by atoms with E-state index < -0.39 is 16.2 Å². The number of ether oxygens (including phenoxy) is 1. The van der Waals surface area contributed by atoms with Crippen molar-refractivity contribution in [1.82, 2.24) is 0 Å². The number of carbonyl (C=O) groups is 1. The lowest BCUT2D eigenvalue weighted by Crippen LogP contribution is -2.14. The van der Waals surface area contributed by atoms with Crippen LogP contribution in [0.1, 0.15) is 12.0 Å². The zero-order valence-electron chi connectivity index (χ0n) is 8.47. The maximum absolute atomic E-state index is 11.6. The zero-order valence-corrected chi connectivity index (χ0v) is 10.7. The molecule has 0 aromatic heterocycles. The Morgan fingerprint density at radius 3 is 2.62 bits per heavy atom. The standard InChI is InChI=1S/C11H9Cl3O2/c1-6-4-7(12)2-3-9(6)16-10(15)8-5-11(8,13)14/h2-4,8H,5H2,1H3. The number of rotatable bonds is 2. The van der Waals surface area contributed by atoms with Crippen molar-refractivity contribution in [3.8, 4) is 5.75 Å². The second-order valence-corrected chi connectivity index (χ2v) is 5.83. The maximum atomic E-state index is 11.6. The van der Waals surface area contributed by atoms with E-state index >= 15 is 0 Å². The maximum Gasteiger partial charge on any atom is 0.317 e. The van der Waals surface area contributed by atoms with Gasteiger partial charge in [0.05, 0.1) is 5.92 Å². The molecule has 0 saturated heterocycles. The average Bonchev–Trinajstić information content (AvgIpc) is 2.80. The average molecular weight is 280 g/mol. The van der Waals surface area contributed by atoms with Crippen molar-refractivity contribution in [2.24, 2.45) is 5.92 Å². The van der Waals surface area contributed by atoms with Gasteiger partial charge in [0.25, 0.3) is 0 Å². The van der Waals surface area contributed by atoms with Crippen LogP contribution < -0.4 is 4.74 Å². The number of halogens is 3. The van der Waals surface area contributed by atoms with Crippen molar-refractivity contribution < 1.29 is 9.53 Å². The van der Waals surface area contributed by atoms with E-state index in [0.717, 1.165) is 5.56 Å². The van der Waals surface area contributed by atoms with Crippen LogP contribution in [0.15, 0.2) is 18.2 Å². The molecule has 0 bridgehead atoms. The normalized spacial score (nSPS) is 21.6. The van der Waals surface area contributed by atoms with Gasteiger partial charge in [-0.1, -0.05) is 11.6 Å². The van der Waals surface area contributed by atoms with Crippen LogP contribution in [0.4, 0.5) is 0 Å². The Morgan fingerprint density at radius 1 is 1.50 bits per heavy atom. The fourth-order valence-corrected chi connectivity index (χ4v) is 2.09. The minimum Gasteiger partial charge on any atom is -0.426 e. The van der Waals surface area contributed by atoms with E-state index in [2.05, 4.69) is 0 Å². The van der Waals surface area contributed by atoms with Gasteiger partial charge in [-0.2, -0.15) is 0 Å². The van der Waals surface area contributed by atoms with Crippen molar-refractivity contribution in [3.63, 3.8) is 0 Å². The number of esters is 1. The lowest BCUT2D eigenvalue weighted by atomic mass is 10.2. The van der Waals surface area contributed by atoms with Crippen LogP contribution in [0.3, 0.4) is 0 Å². The first-order valence-corrected chi connectivity index (χ1v) is 5.89. The summed E-state index contributed by atoms with van der Waals surface area (Å²) in [6.07, 6.45) is 0.446. The molecule has 2 nitrogen and oxygen atoms in total. The fraction of sp³-hybridized carbons (Fsp3) is 0.364. The van der Waals surface area contributed by atoms with Crippen molar-refractivity contribution in [1.29, 1.82) is 0 Å². The summed E-state index contributed by atoms with van der Waals surface area (Å²) in [6, 6.07) is 5.05. The van der Waals surface area contributed by atoms with Crippen LogP contribution in [0.2, 0.25) is 5.02 Å². The van der Waals surface area contributed by atoms with Gasteiger partial charge in [-0.05, 0) is 37.1 Å². The molecule has 5 heteroatoms. The summed E-state index contributed by atoms with van der Waals surface area (Å²) >= 11 is 17.3. The monoisotopic (exact) mass is 278 g/mol. The molecule has 0 amide bonds. The number of alkyl halides is 2. The quantitative estimate of drug-likeness (QED) is 0.468. The van der Waals surface area contributed by atoms with Crippen molar-refractivity contribution in [3.05, 3.63) is 28.8 Å². The van der Waals surface area contributed by atoms with E-state index in [1.165, 1.54) is 0 Å². The predicted molar refractivity (Wildman–Crippen MR) is 64.4 cm³/mol. The molecule has 0 radical (unpaired) electrons. The van der Waals surface area contributed by atoms with Gasteiger partial charge in [0.2, 0.25) is 0 Å². The Bertz CT molecular complexity index is 443. The second-order valence-electron chi connectivity index (χ2n) is 3.85. The smallest absolute Gasteiger partial charge is 0.317 e. The summed E-state index contributed by atoms with van der Waals surface area (Å²) in [5, 5.41) is 0.604. The van der Waals surface area contributed by atoms with E-state index in [0.29, 0.717) is 17.2 Å². The largest absolute Gasteiger partial charge is 0.426 e. The highest BCUT2D eigenvalue weighted by atomic mass is 35.5. The molecule has 1 saturated carbocycles. The Morgan fingerprint density at radius 2 is 2.12 bits per heavy atom. The van der Waals surface area contributed by atoms with Gasteiger partial charge in [0.1, 0.15) is 10.1 Å². The van der Waals surface area contributed by atoms with Gasteiger partial charge in [0, 0.05) is 5.02 Å². The summed E-state index contributed by atoms with van der Waals surface area (Å²) in [5.74, 6) is -0.327. The number of benzene rings is 1.